The van der Waals surface area contributed by atoms with E-state index in [1.54, 1.807) is 7.11 Å². The van der Waals surface area contributed by atoms with Gasteiger partial charge in [-0.1, -0.05) is 0 Å². The Morgan fingerprint density at radius 1 is 1.47 bits per heavy atom. The first-order valence-corrected chi connectivity index (χ1v) is 5.90. The van der Waals surface area contributed by atoms with Gasteiger partial charge in [-0.3, -0.25) is 0 Å². The summed E-state index contributed by atoms with van der Waals surface area (Å²) in [4.78, 5) is 8.54. The number of hydrogen-bond donors (Lipinski definition) is 3. The molecule has 0 saturated carbocycles. The second-order valence-electron chi connectivity index (χ2n) is 4.06. The van der Waals surface area contributed by atoms with E-state index < -0.39 is 0 Å². The van der Waals surface area contributed by atoms with Crippen LogP contribution in [0, 0.1) is 0 Å². The van der Waals surface area contributed by atoms with Gasteiger partial charge in [0.05, 0.1) is 5.69 Å². The van der Waals surface area contributed by atoms with Crippen molar-refractivity contribution in [2.24, 2.45) is 0 Å². The quantitative estimate of drug-likeness (QED) is 0.632. The number of ether oxygens (including phenoxy) is 1. The third-order valence-corrected chi connectivity index (χ3v) is 2.77. The molecule has 1 aliphatic heterocycles. The van der Waals surface area contributed by atoms with Crippen molar-refractivity contribution in [1.29, 1.82) is 0 Å². The van der Waals surface area contributed by atoms with Crippen LogP contribution in [0.15, 0.2) is 0 Å². The Kier molecular flexibility index (Phi) is 4.11. The molecular weight excluding hydrogens is 218 g/mol. The van der Waals surface area contributed by atoms with Gasteiger partial charge in [0, 0.05) is 45.3 Å². The third kappa shape index (κ3) is 3.04. The molecule has 2 rings (SSSR count). The molecule has 0 aliphatic carbocycles. The minimum atomic E-state index is 0.347. The van der Waals surface area contributed by atoms with E-state index in [0.29, 0.717) is 5.95 Å². The Bertz CT molecular complexity index is 382. The molecule has 0 saturated heterocycles. The summed E-state index contributed by atoms with van der Waals surface area (Å²) in [5.74, 6) is 1.20. The molecule has 0 fully saturated rings. The molecule has 0 bridgehead atoms. The number of nitrogens with one attached hydrogen (secondary N) is 2. The lowest BCUT2D eigenvalue weighted by Gasteiger charge is -2.19. The van der Waals surface area contributed by atoms with Gasteiger partial charge in [0.15, 0.2) is 0 Å². The molecule has 6 heteroatoms. The van der Waals surface area contributed by atoms with Gasteiger partial charge in [0.2, 0.25) is 5.95 Å². The van der Waals surface area contributed by atoms with E-state index in [9.17, 15) is 0 Å². The minimum Gasteiger partial charge on any atom is -0.385 e. The van der Waals surface area contributed by atoms with Crippen LogP contribution < -0.4 is 16.4 Å². The van der Waals surface area contributed by atoms with Gasteiger partial charge in [-0.15, -0.1) is 0 Å². The molecule has 6 nitrogen and oxygen atoms in total. The Hall–Kier alpha value is -1.40. The van der Waals surface area contributed by atoms with Crippen LogP contribution in [-0.4, -0.2) is 36.8 Å². The predicted molar refractivity (Wildman–Crippen MR) is 66.8 cm³/mol. The fraction of sp³-hybridized carbons (Fsp3) is 0.636. The van der Waals surface area contributed by atoms with Gasteiger partial charge in [-0.25, -0.2) is 4.98 Å². The van der Waals surface area contributed by atoms with E-state index in [0.717, 1.165) is 56.2 Å². The van der Waals surface area contributed by atoms with Crippen molar-refractivity contribution in [3.05, 3.63) is 11.3 Å². The zero-order chi connectivity index (χ0) is 12.1. The number of methoxy groups -OCH3 is 1. The van der Waals surface area contributed by atoms with Crippen molar-refractivity contribution in [3.63, 3.8) is 0 Å². The van der Waals surface area contributed by atoms with Crippen LogP contribution in [-0.2, 0) is 17.7 Å². The lowest BCUT2D eigenvalue weighted by atomic mass is 10.1. The van der Waals surface area contributed by atoms with Gasteiger partial charge in [0.1, 0.15) is 5.82 Å². The van der Waals surface area contributed by atoms with Crippen molar-refractivity contribution in [1.82, 2.24) is 15.3 Å². The predicted octanol–water partition coefficient (Wildman–Crippen LogP) is 0.153. The van der Waals surface area contributed by atoms with Gasteiger partial charge in [-0.2, -0.15) is 4.98 Å². The van der Waals surface area contributed by atoms with Gasteiger partial charge >= 0.3 is 0 Å². The molecule has 2 heterocycles. The monoisotopic (exact) mass is 237 g/mol. The average molecular weight is 237 g/mol. The maximum Gasteiger partial charge on any atom is 0.222 e. The SMILES string of the molecule is COCCCNc1nc(N)nc2c1CNCC2. The smallest absolute Gasteiger partial charge is 0.222 e. The summed E-state index contributed by atoms with van der Waals surface area (Å²) in [5, 5.41) is 6.61. The molecule has 0 radical (unpaired) electrons. The van der Waals surface area contributed by atoms with E-state index in [-0.39, 0.29) is 0 Å². The zero-order valence-electron chi connectivity index (χ0n) is 10.1. The zero-order valence-corrected chi connectivity index (χ0v) is 10.1. The maximum absolute atomic E-state index is 5.71. The molecule has 0 amide bonds. The molecule has 0 aromatic carbocycles. The number of anilines is 2. The van der Waals surface area contributed by atoms with Crippen molar-refractivity contribution in [2.75, 3.05) is 37.9 Å². The van der Waals surface area contributed by atoms with E-state index in [4.69, 9.17) is 10.5 Å². The Labute approximate surface area is 101 Å². The van der Waals surface area contributed by atoms with Crippen LogP contribution in [0.2, 0.25) is 0 Å². The van der Waals surface area contributed by atoms with Crippen molar-refractivity contribution >= 4 is 11.8 Å². The first-order chi connectivity index (χ1) is 8.31. The fourth-order valence-electron chi connectivity index (χ4n) is 1.93. The molecule has 0 unspecified atom stereocenters. The normalized spacial score (nSPS) is 14.4. The summed E-state index contributed by atoms with van der Waals surface area (Å²) in [6.07, 6.45) is 1.86. The van der Waals surface area contributed by atoms with Crippen LogP contribution in [0.3, 0.4) is 0 Å². The lowest BCUT2D eigenvalue weighted by molar-refractivity contribution is 0.197. The van der Waals surface area contributed by atoms with Crippen molar-refractivity contribution in [3.8, 4) is 0 Å². The second-order valence-corrected chi connectivity index (χ2v) is 4.06. The Balaban J connectivity index is 2.07. The van der Waals surface area contributed by atoms with E-state index in [2.05, 4.69) is 20.6 Å². The van der Waals surface area contributed by atoms with Crippen molar-refractivity contribution in [2.45, 2.75) is 19.4 Å². The number of nitrogens with two attached hydrogens (primary N) is 1. The second kappa shape index (κ2) is 5.79. The molecule has 4 N–H and O–H groups in total. The molecule has 17 heavy (non-hydrogen) atoms. The number of fused-ring (bicyclic) bond motifs is 1. The summed E-state index contributed by atoms with van der Waals surface area (Å²) >= 11 is 0. The molecule has 1 aromatic heterocycles. The topological polar surface area (TPSA) is 85.1 Å². The average Bonchev–Trinajstić information content (AvgIpc) is 2.34. The van der Waals surface area contributed by atoms with Crippen LogP contribution >= 0.6 is 0 Å². The van der Waals surface area contributed by atoms with E-state index in [1.807, 2.05) is 0 Å². The Morgan fingerprint density at radius 3 is 3.18 bits per heavy atom. The van der Waals surface area contributed by atoms with E-state index >= 15 is 0 Å². The first-order valence-electron chi connectivity index (χ1n) is 5.90. The summed E-state index contributed by atoms with van der Waals surface area (Å²) < 4.78 is 5.01. The summed E-state index contributed by atoms with van der Waals surface area (Å²) in [6.45, 7) is 3.33. The summed E-state index contributed by atoms with van der Waals surface area (Å²) in [5.41, 5.74) is 7.91. The highest BCUT2D eigenvalue weighted by molar-refractivity contribution is 5.50. The molecule has 94 valence electrons. The molecule has 0 atom stereocenters. The number of hydrogen-bond acceptors (Lipinski definition) is 6. The highest BCUT2D eigenvalue weighted by Gasteiger charge is 2.16. The lowest BCUT2D eigenvalue weighted by Crippen LogP contribution is -2.27. The van der Waals surface area contributed by atoms with Gasteiger partial charge in [0.25, 0.3) is 0 Å². The summed E-state index contributed by atoms with van der Waals surface area (Å²) in [7, 11) is 1.70. The summed E-state index contributed by atoms with van der Waals surface area (Å²) in [6, 6.07) is 0. The molecule has 1 aliphatic rings. The van der Waals surface area contributed by atoms with E-state index in [1.165, 1.54) is 0 Å². The Morgan fingerprint density at radius 2 is 2.35 bits per heavy atom. The van der Waals surface area contributed by atoms with Crippen molar-refractivity contribution < 1.29 is 4.74 Å². The van der Waals surface area contributed by atoms with Crippen LogP contribution in [0.1, 0.15) is 17.7 Å². The number of rotatable bonds is 5. The van der Waals surface area contributed by atoms with Crippen LogP contribution in [0.4, 0.5) is 11.8 Å². The molecule has 1 aromatic rings. The largest absolute Gasteiger partial charge is 0.385 e. The number of aromatic nitrogens is 2. The first kappa shape index (κ1) is 12.1. The molecular formula is C11H19N5O. The number of nitrogen functional groups attached to an aromatic ring is 1. The standard InChI is InChI=1S/C11H19N5O/c1-17-6-2-4-14-10-8-7-13-5-3-9(8)15-11(12)16-10/h13H,2-7H2,1H3,(H3,12,14,15,16). The highest BCUT2D eigenvalue weighted by Crippen LogP contribution is 2.20. The maximum atomic E-state index is 5.71. The minimum absolute atomic E-state index is 0.347. The third-order valence-electron chi connectivity index (χ3n) is 2.77. The molecule has 0 spiro atoms. The van der Waals surface area contributed by atoms with Crippen LogP contribution in [0.5, 0.6) is 0 Å². The number of nitrogens with zero attached hydrogens (tertiary/aromatic N) is 2. The fourth-order valence-corrected chi connectivity index (χ4v) is 1.93. The van der Waals surface area contributed by atoms with Gasteiger partial charge in [-0.05, 0) is 6.42 Å². The van der Waals surface area contributed by atoms with Gasteiger partial charge < -0.3 is 21.1 Å². The van der Waals surface area contributed by atoms with Crippen LogP contribution in [0.25, 0.3) is 0 Å². The highest BCUT2D eigenvalue weighted by atomic mass is 16.5.